The minimum atomic E-state index is -0.385. The van der Waals surface area contributed by atoms with E-state index in [1.54, 1.807) is 25.6 Å². The van der Waals surface area contributed by atoms with Crippen molar-refractivity contribution in [2.24, 2.45) is 0 Å². The molecule has 0 aromatic carbocycles. The van der Waals surface area contributed by atoms with E-state index < -0.39 is 0 Å². The maximum atomic E-state index is 5.60. The van der Waals surface area contributed by atoms with Crippen molar-refractivity contribution >= 4 is 11.3 Å². The standard InChI is InChI=1S/C11H19NO3S/c1-5-9(15-6-2)10-12-8(7-16-10)11(13-3)14-4/h7,9,11H,5-6H2,1-4H3. The van der Waals surface area contributed by atoms with Gasteiger partial charge >= 0.3 is 0 Å². The van der Waals surface area contributed by atoms with E-state index in [4.69, 9.17) is 14.2 Å². The van der Waals surface area contributed by atoms with Gasteiger partial charge in [0.1, 0.15) is 16.8 Å². The number of nitrogens with zero attached hydrogens (tertiary/aromatic N) is 1. The maximum Gasteiger partial charge on any atom is 0.201 e. The van der Waals surface area contributed by atoms with Gasteiger partial charge in [0.2, 0.25) is 6.29 Å². The van der Waals surface area contributed by atoms with Crippen LogP contribution in [-0.2, 0) is 14.2 Å². The Morgan fingerprint density at radius 3 is 2.50 bits per heavy atom. The number of aromatic nitrogens is 1. The molecule has 0 aliphatic heterocycles. The highest BCUT2D eigenvalue weighted by Gasteiger charge is 2.18. The van der Waals surface area contributed by atoms with Gasteiger partial charge in [-0.15, -0.1) is 11.3 Å². The second-order valence-corrected chi connectivity index (χ2v) is 4.16. The highest BCUT2D eigenvalue weighted by Crippen LogP contribution is 2.27. The van der Waals surface area contributed by atoms with Crippen molar-refractivity contribution in [1.82, 2.24) is 4.98 Å². The third kappa shape index (κ3) is 3.25. The molecule has 0 bridgehead atoms. The summed E-state index contributed by atoms with van der Waals surface area (Å²) in [6, 6.07) is 0. The highest BCUT2D eigenvalue weighted by atomic mass is 32.1. The summed E-state index contributed by atoms with van der Waals surface area (Å²) in [7, 11) is 3.21. The second kappa shape index (κ2) is 6.96. The van der Waals surface area contributed by atoms with Crippen LogP contribution in [0.15, 0.2) is 5.38 Å². The molecule has 1 aromatic heterocycles. The van der Waals surface area contributed by atoms with Gasteiger partial charge in [0.05, 0.1) is 0 Å². The Balaban J connectivity index is 2.75. The molecular weight excluding hydrogens is 226 g/mol. The predicted molar refractivity (Wildman–Crippen MR) is 63.5 cm³/mol. The van der Waals surface area contributed by atoms with E-state index in [0.29, 0.717) is 6.61 Å². The van der Waals surface area contributed by atoms with Gasteiger partial charge in [-0.25, -0.2) is 4.98 Å². The summed E-state index contributed by atoms with van der Waals surface area (Å²) >= 11 is 1.59. The van der Waals surface area contributed by atoms with E-state index in [1.165, 1.54) is 0 Å². The Morgan fingerprint density at radius 1 is 1.31 bits per heavy atom. The Labute approximate surface area is 101 Å². The van der Waals surface area contributed by atoms with E-state index in [0.717, 1.165) is 17.1 Å². The van der Waals surface area contributed by atoms with Crippen LogP contribution in [0.5, 0.6) is 0 Å². The van der Waals surface area contributed by atoms with Gasteiger partial charge in [0.25, 0.3) is 0 Å². The molecule has 0 spiro atoms. The molecule has 0 saturated heterocycles. The zero-order chi connectivity index (χ0) is 12.0. The molecule has 0 aliphatic carbocycles. The summed E-state index contributed by atoms with van der Waals surface area (Å²) in [6.07, 6.45) is 0.619. The van der Waals surface area contributed by atoms with Gasteiger partial charge in [-0.1, -0.05) is 6.92 Å². The molecule has 16 heavy (non-hydrogen) atoms. The molecule has 1 aromatic rings. The van der Waals surface area contributed by atoms with Crippen molar-refractivity contribution in [2.75, 3.05) is 20.8 Å². The monoisotopic (exact) mass is 245 g/mol. The molecule has 0 radical (unpaired) electrons. The van der Waals surface area contributed by atoms with Gasteiger partial charge < -0.3 is 14.2 Å². The van der Waals surface area contributed by atoms with Crippen molar-refractivity contribution < 1.29 is 14.2 Å². The van der Waals surface area contributed by atoms with E-state index in [9.17, 15) is 0 Å². The van der Waals surface area contributed by atoms with Crippen LogP contribution in [0.25, 0.3) is 0 Å². The molecule has 1 atom stereocenters. The lowest BCUT2D eigenvalue weighted by atomic mass is 10.3. The molecule has 0 aliphatic rings. The van der Waals surface area contributed by atoms with Crippen LogP contribution in [0.2, 0.25) is 0 Å². The van der Waals surface area contributed by atoms with Crippen LogP contribution in [0.4, 0.5) is 0 Å². The Hall–Kier alpha value is -0.490. The number of ether oxygens (including phenoxy) is 3. The first kappa shape index (κ1) is 13.6. The molecule has 1 unspecified atom stereocenters. The fourth-order valence-electron chi connectivity index (χ4n) is 1.46. The van der Waals surface area contributed by atoms with Gasteiger partial charge in [0.15, 0.2) is 0 Å². The Morgan fingerprint density at radius 2 is 2.00 bits per heavy atom. The molecule has 0 fully saturated rings. The molecule has 0 N–H and O–H groups in total. The molecule has 4 nitrogen and oxygen atoms in total. The van der Waals surface area contributed by atoms with E-state index in [1.807, 2.05) is 12.3 Å². The molecule has 92 valence electrons. The van der Waals surface area contributed by atoms with Crippen LogP contribution in [-0.4, -0.2) is 25.8 Å². The van der Waals surface area contributed by atoms with Crippen LogP contribution in [0.3, 0.4) is 0 Å². The largest absolute Gasteiger partial charge is 0.371 e. The highest BCUT2D eigenvalue weighted by molar-refractivity contribution is 7.09. The third-order valence-electron chi connectivity index (χ3n) is 2.22. The zero-order valence-electron chi connectivity index (χ0n) is 10.2. The average molecular weight is 245 g/mol. The first-order valence-corrected chi connectivity index (χ1v) is 6.27. The average Bonchev–Trinajstić information content (AvgIpc) is 2.77. The third-order valence-corrected chi connectivity index (χ3v) is 3.18. The molecule has 0 amide bonds. The molecule has 5 heteroatoms. The lowest BCUT2D eigenvalue weighted by Gasteiger charge is -2.12. The molecule has 1 heterocycles. The normalized spacial score (nSPS) is 13.3. The van der Waals surface area contributed by atoms with Gasteiger partial charge in [-0.2, -0.15) is 0 Å². The number of methoxy groups -OCH3 is 2. The van der Waals surface area contributed by atoms with E-state index in [-0.39, 0.29) is 12.4 Å². The number of hydrogen-bond donors (Lipinski definition) is 0. The Kier molecular flexibility index (Phi) is 5.90. The first-order valence-electron chi connectivity index (χ1n) is 5.39. The SMILES string of the molecule is CCOC(CC)c1nc(C(OC)OC)cs1. The van der Waals surface area contributed by atoms with Crippen LogP contribution < -0.4 is 0 Å². The fraction of sp³-hybridized carbons (Fsp3) is 0.727. The van der Waals surface area contributed by atoms with E-state index >= 15 is 0 Å². The molecular formula is C11H19NO3S. The van der Waals surface area contributed by atoms with Crippen molar-refractivity contribution in [3.63, 3.8) is 0 Å². The predicted octanol–water partition coefficient (Wildman–Crippen LogP) is 2.92. The maximum absolute atomic E-state index is 5.60. The summed E-state index contributed by atoms with van der Waals surface area (Å²) in [5.41, 5.74) is 0.808. The minimum absolute atomic E-state index is 0.0816. The van der Waals surface area contributed by atoms with Crippen LogP contribution in [0.1, 0.15) is 43.4 Å². The van der Waals surface area contributed by atoms with Gasteiger partial charge in [0, 0.05) is 26.2 Å². The molecule has 1 rings (SSSR count). The fourth-order valence-corrected chi connectivity index (χ4v) is 2.41. The summed E-state index contributed by atoms with van der Waals surface area (Å²) in [5.74, 6) is 0. The lowest BCUT2D eigenvalue weighted by Crippen LogP contribution is -2.06. The topological polar surface area (TPSA) is 40.6 Å². The van der Waals surface area contributed by atoms with Crippen LogP contribution >= 0.6 is 11.3 Å². The van der Waals surface area contributed by atoms with Crippen LogP contribution in [0, 0.1) is 0 Å². The lowest BCUT2D eigenvalue weighted by molar-refractivity contribution is -0.108. The smallest absolute Gasteiger partial charge is 0.201 e. The number of thiazole rings is 1. The van der Waals surface area contributed by atoms with Crippen molar-refractivity contribution in [3.8, 4) is 0 Å². The van der Waals surface area contributed by atoms with Crippen molar-refractivity contribution in [2.45, 2.75) is 32.7 Å². The summed E-state index contributed by atoms with van der Waals surface area (Å²) in [4.78, 5) is 4.49. The summed E-state index contributed by atoms with van der Waals surface area (Å²) < 4.78 is 15.9. The number of hydrogen-bond acceptors (Lipinski definition) is 5. The summed E-state index contributed by atoms with van der Waals surface area (Å²) in [6.45, 7) is 4.78. The van der Waals surface area contributed by atoms with Crippen molar-refractivity contribution in [1.29, 1.82) is 0 Å². The summed E-state index contributed by atoms with van der Waals surface area (Å²) in [5, 5.41) is 2.94. The van der Waals surface area contributed by atoms with E-state index in [2.05, 4.69) is 11.9 Å². The van der Waals surface area contributed by atoms with Gasteiger partial charge in [-0.05, 0) is 13.3 Å². The minimum Gasteiger partial charge on any atom is -0.371 e. The van der Waals surface area contributed by atoms with Gasteiger partial charge in [-0.3, -0.25) is 0 Å². The zero-order valence-corrected chi connectivity index (χ0v) is 11.0. The molecule has 0 saturated carbocycles. The Bertz CT molecular complexity index is 299. The first-order chi connectivity index (χ1) is 7.76. The quantitative estimate of drug-likeness (QED) is 0.692. The second-order valence-electron chi connectivity index (χ2n) is 3.27. The number of rotatable bonds is 7. The van der Waals surface area contributed by atoms with Crippen molar-refractivity contribution in [3.05, 3.63) is 16.1 Å².